The lowest BCUT2D eigenvalue weighted by molar-refractivity contribution is -0.145. The van der Waals surface area contributed by atoms with E-state index < -0.39 is 6.09 Å². The van der Waals surface area contributed by atoms with E-state index in [9.17, 15) is 9.59 Å². The largest absolute Gasteiger partial charge is 0.463 e. The van der Waals surface area contributed by atoms with Crippen LogP contribution in [0.4, 0.5) is 4.79 Å². The van der Waals surface area contributed by atoms with Gasteiger partial charge in [-0.25, -0.2) is 4.79 Å². The lowest BCUT2D eigenvalue weighted by Gasteiger charge is -2.15. The smallest absolute Gasteiger partial charge is 0.414 e. The number of nitrogens with zero attached hydrogens (tertiary/aromatic N) is 1. The molecule has 0 aliphatic heterocycles. The molecule has 0 spiro atoms. The van der Waals surface area contributed by atoms with Gasteiger partial charge < -0.3 is 38.3 Å². The lowest BCUT2D eigenvalue weighted by atomic mass is 10.1. The van der Waals surface area contributed by atoms with Crippen molar-refractivity contribution in [3.05, 3.63) is 30.0 Å². The minimum absolute atomic E-state index is 0.180. The van der Waals surface area contributed by atoms with Gasteiger partial charge in [0.15, 0.2) is 0 Å². The Hall–Kier alpha value is -2.66. The quantitative estimate of drug-likeness (QED) is 0.272. The van der Waals surface area contributed by atoms with Crippen LogP contribution in [0.1, 0.15) is 18.9 Å². The third kappa shape index (κ3) is 9.68. The number of aryl methyl sites for hydroxylation is 1. The average Bonchev–Trinajstić information content (AvgIpc) is 3.27. The molecule has 0 fully saturated rings. The molecule has 0 saturated carbocycles. The molecule has 0 unspecified atom stereocenters. The highest BCUT2D eigenvalue weighted by Gasteiger charge is 2.16. The maximum Gasteiger partial charge on any atom is 0.414 e. The molecule has 1 heterocycles. The molecule has 34 heavy (non-hydrogen) atoms. The Balaban J connectivity index is 1.65. The van der Waals surface area contributed by atoms with Gasteiger partial charge in [0.25, 0.3) is 0 Å². The molecule has 190 valence electrons. The van der Waals surface area contributed by atoms with E-state index in [1.807, 2.05) is 25.3 Å². The second-order valence-electron chi connectivity index (χ2n) is 7.43. The van der Waals surface area contributed by atoms with E-state index in [1.54, 1.807) is 20.2 Å². The van der Waals surface area contributed by atoms with Gasteiger partial charge in [-0.1, -0.05) is 6.07 Å². The molecule has 1 amide bonds. The summed E-state index contributed by atoms with van der Waals surface area (Å²) in [6.07, 6.45) is 2.06. The number of aromatic amines is 1. The van der Waals surface area contributed by atoms with Crippen molar-refractivity contribution in [2.24, 2.45) is 0 Å². The number of ether oxygens (including phenoxy) is 6. The van der Waals surface area contributed by atoms with Crippen LogP contribution >= 0.6 is 0 Å². The van der Waals surface area contributed by atoms with Gasteiger partial charge in [-0.3, -0.25) is 4.79 Å². The van der Waals surface area contributed by atoms with Gasteiger partial charge in [0.05, 0.1) is 46.2 Å². The fourth-order valence-corrected chi connectivity index (χ4v) is 3.01. The first-order valence-electron chi connectivity index (χ1n) is 11.5. The minimum Gasteiger partial charge on any atom is -0.463 e. The Labute approximate surface area is 200 Å². The summed E-state index contributed by atoms with van der Waals surface area (Å²) in [5.41, 5.74) is 1.72. The van der Waals surface area contributed by atoms with Crippen LogP contribution in [0, 0.1) is 0 Å². The predicted octanol–water partition coefficient (Wildman–Crippen LogP) is 2.79. The van der Waals surface area contributed by atoms with Crippen molar-refractivity contribution >= 4 is 23.0 Å². The maximum absolute atomic E-state index is 12.2. The van der Waals surface area contributed by atoms with Crippen LogP contribution in [-0.4, -0.2) is 95.5 Å². The first-order chi connectivity index (χ1) is 16.6. The Morgan fingerprint density at radius 2 is 1.59 bits per heavy atom. The molecular weight excluding hydrogens is 444 g/mol. The number of carbonyl (C=O) groups excluding carboxylic acids is 2. The number of benzene rings is 1. The maximum atomic E-state index is 12.2. The molecule has 0 atom stereocenters. The van der Waals surface area contributed by atoms with Crippen LogP contribution in [0.15, 0.2) is 24.4 Å². The van der Waals surface area contributed by atoms with Crippen LogP contribution in [0.3, 0.4) is 0 Å². The zero-order chi connectivity index (χ0) is 24.6. The standard InChI is InChI=1S/C24H36N2O8/c1-4-26(2)24(28)34-21-7-5-6-20-23(21)19(18-25-20)8-9-22(27)33-17-16-32-15-14-31-13-12-30-11-10-29-3/h5-7,18,25H,4,8-17H2,1-3H3. The van der Waals surface area contributed by atoms with Crippen molar-refractivity contribution < 1.29 is 38.0 Å². The molecule has 0 aliphatic carbocycles. The molecule has 1 aromatic heterocycles. The third-order valence-corrected chi connectivity index (χ3v) is 5.00. The molecule has 10 nitrogen and oxygen atoms in total. The summed E-state index contributed by atoms with van der Waals surface area (Å²) < 4.78 is 31.7. The van der Waals surface area contributed by atoms with Gasteiger partial charge >= 0.3 is 12.1 Å². The van der Waals surface area contributed by atoms with Gasteiger partial charge in [0.2, 0.25) is 0 Å². The highest BCUT2D eigenvalue weighted by atomic mass is 16.6. The average molecular weight is 481 g/mol. The van der Waals surface area contributed by atoms with E-state index in [2.05, 4.69) is 4.98 Å². The monoisotopic (exact) mass is 480 g/mol. The van der Waals surface area contributed by atoms with E-state index in [-0.39, 0.29) is 19.0 Å². The zero-order valence-corrected chi connectivity index (χ0v) is 20.3. The van der Waals surface area contributed by atoms with E-state index in [1.165, 1.54) is 4.90 Å². The van der Waals surface area contributed by atoms with E-state index in [0.717, 1.165) is 16.5 Å². The van der Waals surface area contributed by atoms with Crippen molar-refractivity contribution in [3.8, 4) is 5.75 Å². The molecule has 0 saturated heterocycles. The second-order valence-corrected chi connectivity index (χ2v) is 7.43. The molecule has 0 bridgehead atoms. The summed E-state index contributed by atoms with van der Waals surface area (Å²) in [5.74, 6) is 0.146. The highest BCUT2D eigenvalue weighted by molar-refractivity contribution is 5.91. The minimum atomic E-state index is -0.428. The Kier molecular flexibility index (Phi) is 13.0. The third-order valence-electron chi connectivity index (χ3n) is 5.00. The number of hydrogen-bond acceptors (Lipinski definition) is 8. The molecule has 0 radical (unpaired) electrons. The Bertz CT molecular complexity index is 870. The fourth-order valence-electron chi connectivity index (χ4n) is 3.01. The number of esters is 1. The Morgan fingerprint density at radius 3 is 2.24 bits per heavy atom. The van der Waals surface area contributed by atoms with E-state index in [4.69, 9.17) is 28.4 Å². The van der Waals surface area contributed by atoms with E-state index in [0.29, 0.717) is 65.0 Å². The number of amides is 1. The molecule has 2 aromatic rings. The number of H-pyrrole nitrogens is 1. The summed E-state index contributed by atoms with van der Waals surface area (Å²) in [7, 11) is 3.30. The molecule has 1 aromatic carbocycles. The lowest BCUT2D eigenvalue weighted by Crippen LogP contribution is -2.29. The number of rotatable bonds is 17. The summed E-state index contributed by atoms with van der Waals surface area (Å²) in [6, 6.07) is 5.45. The number of aromatic nitrogens is 1. The summed E-state index contributed by atoms with van der Waals surface area (Å²) in [4.78, 5) is 28.9. The number of fused-ring (bicyclic) bond motifs is 1. The predicted molar refractivity (Wildman–Crippen MR) is 126 cm³/mol. The molecule has 10 heteroatoms. The molecular formula is C24H36N2O8. The van der Waals surface area contributed by atoms with Crippen LogP contribution in [-0.2, 0) is 34.9 Å². The van der Waals surface area contributed by atoms with Crippen LogP contribution < -0.4 is 4.74 Å². The SMILES string of the molecule is CCN(C)C(=O)Oc1cccc2[nH]cc(CCC(=O)OCCOCCOCCOCCOC)c12. The number of nitrogens with one attached hydrogen (secondary N) is 1. The van der Waals surface area contributed by atoms with Crippen molar-refractivity contribution in [1.82, 2.24) is 9.88 Å². The van der Waals surface area contributed by atoms with Crippen molar-refractivity contribution in [2.45, 2.75) is 19.8 Å². The van der Waals surface area contributed by atoms with E-state index >= 15 is 0 Å². The second kappa shape index (κ2) is 16.0. The van der Waals surface area contributed by atoms with Crippen LogP contribution in [0.2, 0.25) is 0 Å². The zero-order valence-electron chi connectivity index (χ0n) is 20.3. The first-order valence-corrected chi connectivity index (χ1v) is 11.5. The number of carbonyl (C=O) groups is 2. The first kappa shape index (κ1) is 27.6. The fraction of sp³-hybridized carbons (Fsp3) is 0.583. The normalized spacial score (nSPS) is 11.0. The van der Waals surface area contributed by atoms with Crippen molar-refractivity contribution in [3.63, 3.8) is 0 Å². The van der Waals surface area contributed by atoms with Gasteiger partial charge in [0.1, 0.15) is 12.4 Å². The summed E-state index contributed by atoms with van der Waals surface area (Å²) in [5, 5.41) is 0.792. The summed E-state index contributed by atoms with van der Waals surface area (Å²) >= 11 is 0. The molecule has 1 N–H and O–H groups in total. The van der Waals surface area contributed by atoms with Crippen molar-refractivity contribution in [1.29, 1.82) is 0 Å². The van der Waals surface area contributed by atoms with Gasteiger partial charge in [0, 0.05) is 44.2 Å². The van der Waals surface area contributed by atoms with Crippen LogP contribution in [0.5, 0.6) is 5.75 Å². The van der Waals surface area contributed by atoms with Gasteiger partial charge in [-0.2, -0.15) is 0 Å². The van der Waals surface area contributed by atoms with Crippen molar-refractivity contribution in [2.75, 3.05) is 73.6 Å². The molecule has 0 aliphatic rings. The highest BCUT2D eigenvalue weighted by Crippen LogP contribution is 2.30. The summed E-state index contributed by atoms with van der Waals surface area (Å²) in [6.45, 7) is 5.88. The van der Waals surface area contributed by atoms with Crippen LogP contribution in [0.25, 0.3) is 10.9 Å². The number of methoxy groups -OCH3 is 1. The van der Waals surface area contributed by atoms with Gasteiger partial charge in [-0.05, 0) is 31.0 Å². The molecule has 2 rings (SSSR count). The van der Waals surface area contributed by atoms with Gasteiger partial charge in [-0.15, -0.1) is 0 Å². The number of hydrogen-bond donors (Lipinski definition) is 1. The topological polar surface area (TPSA) is 109 Å². The Morgan fingerprint density at radius 1 is 0.941 bits per heavy atom.